The van der Waals surface area contributed by atoms with Crippen molar-refractivity contribution in [2.24, 2.45) is 5.92 Å². The van der Waals surface area contributed by atoms with Crippen LogP contribution in [-0.4, -0.2) is 23.3 Å². The van der Waals surface area contributed by atoms with E-state index in [0.29, 0.717) is 17.9 Å². The van der Waals surface area contributed by atoms with Crippen LogP contribution in [0.5, 0.6) is 0 Å². The number of hydrogen-bond donors (Lipinski definition) is 0. The van der Waals surface area contributed by atoms with Crippen LogP contribution in [0, 0.1) is 5.92 Å². The van der Waals surface area contributed by atoms with E-state index in [9.17, 15) is 9.59 Å². The Bertz CT molecular complexity index is 348. The van der Waals surface area contributed by atoms with Crippen LogP contribution in [0.1, 0.15) is 36.4 Å². The minimum absolute atomic E-state index is 0.178. The van der Waals surface area contributed by atoms with E-state index in [1.54, 1.807) is 12.4 Å². The molecule has 0 aliphatic heterocycles. The van der Waals surface area contributed by atoms with Gasteiger partial charge in [-0.1, -0.05) is 13.3 Å². The predicted molar refractivity (Wildman–Crippen MR) is 61.5 cm³/mol. The Morgan fingerprint density at radius 1 is 1.50 bits per heavy atom. The highest BCUT2D eigenvalue weighted by atomic mass is 32.1. The summed E-state index contributed by atoms with van der Waals surface area (Å²) in [6, 6.07) is 0. The summed E-state index contributed by atoms with van der Waals surface area (Å²) in [5, 5.41) is 0. The van der Waals surface area contributed by atoms with Crippen molar-refractivity contribution in [1.82, 2.24) is 4.98 Å². The normalized spacial score (nSPS) is 12.1. The van der Waals surface area contributed by atoms with Crippen molar-refractivity contribution in [3.05, 3.63) is 16.6 Å². The molecule has 1 rings (SSSR count). The molecule has 88 valence electrons. The van der Waals surface area contributed by atoms with E-state index in [2.05, 4.69) is 4.98 Å². The molecule has 0 saturated heterocycles. The van der Waals surface area contributed by atoms with Crippen molar-refractivity contribution in [3.63, 3.8) is 0 Å². The molecular formula is C11H15NO3S. The van der Waals surface area contributed by atoms with Gasteiger partial charge in [0.05, 0.1) is 17.0 Å². The maximum Gasteiger partial charge on any atom is 0.316 e. The largest absolute Gasteiger partial charge is 0.465 e. The van der Waals surface area contributed by atoms with Gasteiger partial charge in [-0.25, -0.2) is 0 Å². The van der Waals surface area contributed by atoms with Gasteiger partial charge in [-0.3, -0.25) is 14.6 Å². The number of aromatic nitrogens is 1. The first kappa shape index (κ1) is 12.8. The van der Waals surface area contributed by atoms with Crippen molar-refractivity contribution in [3.8, 4) is 0 Å². The maximum absolute atomic E-state index is 12.0. The molecule has 1 unspecified atom stereocenters. The van der Waals surface area contributed by atoms with Gasteiger partial charge in [-0.2, -0.15) is 0 Å². The topological polar surface area (TPSA) is 56.3 Å². The van der Waals surface area contributed by atoms with Gasteiger partial charge < -0.3 is 4.74 Å². The summed E-state index contributed by atoms with van der Waals surface area (Å²) >= 11 is 1.25. The van der Waals surface area contributed by atoms with Gasteiger partial charge in [0, 0.05) is 6.20 Å². The van der Waals surface area contributed by atoms with Crippen molar-refractivity contribution < 1.29 is 14.3 Å². The zero-order valence-electron chi connectivity index (χ0n) is 9.43. The average Bonchev–Trinajstić information content (AvgIpc) is 2.78. The van der Waals surface area contributed by atoms with Gasteiger partial charge in [0.25, 0.3) is 0 Å². The van der Waals surface area contributed by atoms with E-state index in [1.165, 1.54) is 17.5 Å². The van der Waals surface area contributed by atoms with E-state index >= 15 is 0 Å². The van der Waals surface area contributed by atoms with Crippen LogP contribution in [0.25, 0.3) is 0 Å². The second-order valence-electron chi connectivity index (χ2n) is 3.32. The van der Waals surface area contributed by atoms with E-state index in [-0.39, 0.29) is 5.78 Å². The zero-order valence-corrected chi connectivity index (χ0v) is 10.3. The summed E-state index contributed by atoms with van der Waals surface area (Å²) in [5.74, 6) is -1.28. The van der Waals surface area contributed by atoms with Gasteiger partial charge in [0.2, 0.25) is 0 Å². The molecular weight excluding hydrogens is 226 g/mol. The van der Waals surface area contributed by atoms with Crippen LogP contribution in [-0.2, 0) is 9.53 Å². The van der Waals surface area contributed by atoms with Crippen LogP contribution >= 0.6 is 11.3 Å². The Morgan fingerprint density at radius 3 is 2.75 bits per heavy atom. The molecule has 0 amide bonds. The first-order chi connectivity index (χ1) is 7.70. The van der Waals surface area contributed by atoms with Crippen LogP contribution in [0.15, 0.2) is 11.7 Å². The SMILES string of the molecule is CCCC(C(=O)OCC)C(=O)c1cncs1. The van der Waals surface area contributed by atoms with E-state index in [1.807, 2.05) is 6.92 Å². The first-order valence-electron chi connectivity index (χ1n) is 5.30. The molecule has 0 fully saturated rings. The number of nitrogens with zero attached hydrogens (tertiary/aromatic N) is 1. The number of carbonyl (C=O) groups is 2. The fourth-order valence-corrected chi connectivity index (χ4v) is 2.01. The van der Waals surface area contributed by atoms with Crippen molar-refractivity contribution in [2.45, 2.75) is 26.7 Å². The second kappa shape index (κ2) is 6.37. The third-order valence-corrected chi connectivity index (χ3v) is 2.93. The minimum Gasteiger partial charge on any atom is -0.465 e. The van der Waals surface area contributed by atoms with Gasteiger partial charge in [0.1, 0.15) is 5.92 Å². The highest BCUT2D eigenvalue weighted by molar-refractivity contribution is 7.11. The molecule has 0 saturated carbocycles. The lowest BCUT2D eigenvalue weighted by molar-refractivity contribution is -0.146. The molecule has 0 aliphatic rings. The lowest BCUT2D eigenvalue weighted by atomic mass is 9.98. The van der Waals surface area contributed by atoms with Crippen LogP contribution in [0.3, 0.4) is 0 Å². The Hall–Kier alpha value is -1.23. The van der Waals surface area contributed by atoms with E-state index < -0.39 is 11.9 Å². The van der Waals surface area contributed by atoms with E-state index in [0.717, 1.165) is 6.42 Å². The average molecular weight is 241 g/mol. The van der Waals surface area contributed by atoms with Crippen LogP contribution in [0.4, 0.5) is 0 Å². The van der Waals surface area contributed by atoms with Crippen molar-refractivity contribution in [2.75, 3.05) is 6.61 Å². The molecule has 0 aromatic carbocycles. The molecule has 1 atom stereocenters. The first-order valence-corrected chi connectivity index (χ1v) is 6.18. The van der Waals surface area contributed by atoms with Crippen molar-refractivity contribution >= 4 is 23.1 Å². The molecule has 4 nitrogen and oxygen atoms in total. The van der Waals surface area contributed by atoms with Crippen LogP contribution < -0.4 is 0 Å². The Labute approximate surface area is 98.6 Å². The van der Waals surface area contributed by atoms with Gasteiger partial charge in [-0.15, -0.1) is 11.3 Å². The molecule has 0 N–H and O–H groups in total. The molecule has 16 heavy (non-hydrogen) atoms. The van der Waals surface area contributed by atoms with Gasteiger partial charge >= 0.3 is 5.97 Å². The minimum atomic E-state index is -0.676. The number of thiazole rings is 1. The second-order valence-corrected chi connectivity index (χ2v) is 4.21. The fourth-order valence-electron chi connectivity index (χ4n) is 1.40. The number of hydrogen-bond acceptors (Lipinski definition) is 5. The molecule has 0 bridgehead atoms. The third kappa shape index (κ3) is 3.13. The summed E-state index contributed by atoms with van der Waals surface area (Å²) in [6.45, 7) is 3.97. The highest BCUT2D eigenvalue weighted by Crippen LogP contribution is 2.18. The number of ether oxygens (including phenoxy) is 1. The fraction of sp³-hybridized carbons (Fsp3) is 0.545. The number of Topliss-reactive ketones (excluding diaryl/α,β-unsaturated/α-hetero) is 1. The summed E-state index contributed by atoms with van der Waals surface area (Å²) in [4.78, 5) is 27.9. The smallest absolute Gasteiger partial charge is 0.316 e. The molecule has 0 spiro atoms. The zero-order chi connectivity index (χ0) is 12.0. The lowest BCUT2D eigenvalue weighted by Gasteiger charge is -2.12. The van der Waals surface area contributed by atoms with Crippen LogP contribution in [0.2, 0.25) is 0 Å². The Morgan fingerprint density at radius 2 is 2.25 bits per heavy atom. The molecule has 1 aromatic heterocycles. The molecule has 0 aliphatic carbocycles. The number of carbonyl (C=O) groups excluding carboxylic acids is 2. The van der Waals surface area contributed by atoms with Crippen molar-refractivity contribution in [1.29, 1.82) is 0 Å². The number of rotatable bonds is 6. The number of esters is 1. The van der Waals surface area contributed by atoms with E-state index in [4.69, 9.17) is 4.74 Å². The monoisotopic (exact) mass is 241 g/mol. The molecule has 5 heteroatoms. The summed E-state index contributed by atoms with van der Waals surface area (Å²) in [6.07, 6.45) is 2.79. The molecule has 1 aromatic rings. The molecule has 0 radical (unpaired) electrons. The maximum atomic E-state index is 12.0. The Kier molecular flexibility index (Phi) is 5.11. The molecule has 1 heterocycles. The van der Waals surface area contributed by atoms with Gasteiger partial charge in [-0.05, 0) is 13.3 Å². The summed E-state index contributed by atoms with van der Waals surface area (Å²) in [5.41, 5.74) is 1.58. The number of ketones is 1. The Balaban J connectivity index is 2.77. The predicted octanol–water partition coefficient (Wildman–Crippen LogP) is 2.31. The lowest BCUT2D eigenvalue weighted by Crippen LogP contribution is -2.25. The third-order valence-electron chi connectivity index (χ3n) is 2.14. The standard InChI is InChI=1S/C11H15NO3S/c1-3-5-8(11(14)15-4-2)10(13)9-6-12-7-16-9/h6-8H,3-5H2,1-2H3. The highest BCUT2D eigenvalue weighted by Gasteiger charge is 2.28. The summed E-state index contributed by atoms with van der Waals surface area (Å²) in [7, 11) is 0. The quantitative estimate of drug-likeness (QED) is 0.435. The van der Waals surface area contributed by atoms with Gasteiger partial charge in [0.15, 0.2) is 5.78 Å². The summed E-state index contributed by atoms with van der Waals surface area (Å²) < 4.78 is 4.90.